The standard InChI is InChI=1S/C18H20ClN3O3S/c1-13-5-6-14(11-17(13)26(20,24)25)18(23)22-9-7-21(8-10-22)16-4-2-3-15(19)12-16/h2-6,11-12H,7-10H2,1H3,(H2,20,24,25). The van der Waals surface area contributed by atoms with Gasteiger partial charge < -0.3 is 9.80 Å². The first-order chi connectivity index (χ1) is 12.3. The predicted molar refractivity (Wildman–Crippen MR) is 102 cm³/mol. The highest BCUT2D eigenvalue weighted by molar-refractivity contribution is 7.89. The molecule has 0 atom stereocenters. The topological polar surface area (TPSA) is 83.7 Å². The van der Waals surface area contributed by atoms with E-state index in [4.69, 9.17) is 16.7 Å². The number of rotatable bonds is 3. The van der Waals surface area contributed by atoms with Crippen LogP contribution in [0.3, 0.4) is 0 Å². The zero-order valence-corrected chi connectivity index (χ0v) is 15.9. The van der Waals surface area contributed by atoms with Gasteiger partial charge in [-0.2, -0.15) is 0 Å². The van der Waals surface area contributed by atoms with Crippen molar-refractivity contribution in [1.82, 2.24) is 4.90 Å². The molecule has 1 aliphatic heterocycles. The Kier molecular flexibility index (Phi) is 5.22. The lowest BCUT2D eigenvalue weighted by molar-refractivity contribution is 0.0746. The first kappa shape index (κ1) is 18.7. The molecule has 0 radical (unpaired) electrons. The molecule has 0 bridgehead atoms. The van der Waals surface area contributed by atoms with Crippen molar-refractivity contribution in [3.63, 3.8) is 0 Å². The monoisotopic (exact) mass is 393 g/mol. The molecule has 1 saturated heterocycles. The summed E-state index contributed by atoms with van der Waals surface area (Å²) in [5.41, 5.74) is 1.88. The highest BCUT2D eigenvalue weighted by Crippen LogP contribution is 2.22. The minimum absolute atomic E-state index is 0.0130. The second-order valence-corrected chi connectivity index (χ2v) is 8.25. The van der Waals surface area contributed by atoms with Crippen LogP contribution in [-0.4, -0.2) is 45.4 Å². The zero-order valence-electron chi connectivity index (χ0n) is 14.4. The van der Waals surface area contributed by atoms with E-state index < -0.39 is 10.0 Å². The summed E-state index contributed by atoms with van der Waals surface area (Å²) in [6.07, 6.45) is 0. The largest absolute Gasteiger partial charge is 0.368 e. The number of nitrogens with two attached hydrogens (primary N) is 1. The summed E-state index contributed by atoms with van der Waals surface area (Å²) in [6.45, 7) is 4.10. The van der Waals surface area contributed by atoms with Crippen LogP contribution in [0.1, 0.15) is 15.9 Å². The number of aryl methyl sites for hydroxylation is 1. The number of nitrogens with zero attached hydrogens (tertiary/aromatic N) is 2. The van der Waals surface area contributed by atoms with Crippen LogP contribution < -0.4 is 10.0 Å². The van der Waals surface area contributed by atoms with Crippen molar-refractivity contribution in [1.29, 1.82) is 0 Å². The SMILES string of the molecule is Cc1ccc(C(=O)N2CCN(c3cccc(Cl)c3)CC2)cc1S(N)(=O)=O. The van der Waals surface area contributed by atoms with Gasteiger partial charge in [0.05, 0.1) is 4.90 Å². The van der Waals surface area contributed by atoms with E-state index in [-0.39, 0.29) is 10.8 Å². The van der Waals surface area contributed by atoms with E-state index in [0.29, 0.717) is 42.3 Å². The van der Waals surface area contributed by atoms with Crippen molar-refractivity contribution in [3.8, 4) is 0 Å². The third kappa shape index (κ3) is 4.00. The quantitative estimate of drug-likeness (QED) is 0.866. The third-order valence-corrected chi connectivity index (χ3v) is 5.77. The maximum Gasteiger partial charge on any atom is 0.254 e. The van der Waals surface area contributed by atoms with Gasteiger partial charge in [-0.25, -0.2) is 13.6 Å². The molecular weight excluding hydrogens is 374 g/mol. The summed E-state index contributed by atoms with van der Waals surface area (Å²) in [4.78, 5) is 16.6. The Labute approximate surface area is 158 Å². The summed E-state index contributed by atoms with van der Waals surface area (Å²) in [6, 6.07) is 12.2. The van der Waals surface area contributed by atoms with Crippen LogP contribution in [0.4, 0.5) is 5.69 Å². The van der Waals surface area contributed by atoms with Crippen LogP contribution in [0.2, 0.25) is 5.02 Å². The van der Waals surface area contributed by atoms with E-state index in [2.05, 4.69) is 4.90 Å². The second-order valence-electron chi connectivity index (χ2n) is 6.28. The van der Waals surface area contributed by atoms with Crippen molar-refractivity contribution in [2.75, 3.05) is 31.1 Å². The Morgan fingerprint density at radius 3 is 2.38 bits per heavy atom. The van der Waals surface area contributed by atoms with Crippen molar-refractivity contribution in [2.45, 2.75) is 11.8 Å². The zero-order chi connectivity index (χ0) is 18.9. The number of hydrogen-bond donors (Lipinski definition) is 1. The van der Waals surface area contributed by atoms with Crippen LogP contribution in [0, 0.1) is 6.92 Å². The number of sulfonamides is 1. The molecule has 1 aliphatic rings. The van der Waals surface area contributed by atoms with E-state index >= 15 is 0 Å². The molecule has 8 heteroatoms. The van der Waals surface area contributed by atoms with Crippen molar-refractivity contribution in [3.05, 3.63) is 58.6 Å². The van der Waals surface area contributed by atoms with Crippen molar-refractivity contribution in [2.24, 2.45) is 5.14 Å². The molecule has 0 aromatic heterocycles. The molecule has 138 valence electrons. The fourth-order valence-corrected chi connectivity index (χ4v) is 4.06. The summed E-state index contributed by atoms with van der Waals surface area (Å²) in [5, 5.41) is 5.91. The van der Waals surface area contributed by atoms with Gasteiger partial charge in [0.25, 0.3) is 5.91 Å². The lowest BCUT2D eigenvalue weighted by Gasteiger charge is -2.36. The Hall–Kier alpha value is -2.09. The normalized spacial score (nSPS) is 15.2. The number of amides is 1. The van der Waals surface area contributed by atoms with Gasteiger partial charge in [-0.05, 0) is 42.8 Å². The van der Waals surface area contributed by atoms with Gasteiger partial charge in [-0.3, -0.25) is 4.79 Å². The third-order valence-electron chi connectivity index (χ3n) is 4.48. The molecule has 1 amide bonds. The number of hydrogen-bond acceptors (Lipinski definition) is 4. The van der Waals surface area contributed by atoms with E-state index in [1.807, 2.05) is 24.3 Å². The maximum absolute atomic E-state index is 12.7. The molecule has 0 aliphatic carbocycles. The summed E-state index contributed by atoms with van der Waals surface area (Å²) < 4.78 is 23.3. The van der Waals surface area contributed by atoms with E-state index in [9.17, 15) is 13.2 Å². The van der Waals surface area contributed by atoms with Crippen LogP contribution in [-0.2, 0) is 10.0 Å². The maximum atomic E-state index is 12.7. The van der Waals surface area contributed by atoms with E-state index in [0.717, 1.165) is 5.69 Å². The van der Waals surface area contributed by atoms with Gasteiger partial charge >= 0.3 is 0 Å². The van der Waals surface area contributed by atoms with Crippen molar-refractivity contribution >= 4 is 33.2 Å². The Bertz CT molecular complexity index is 938. The first-order valence-electron chi connectivity index (χ1n) is 8.19. The molecule has 1 heterocycles. The number of carbonyl (C=O) groups excluding carboxylic acids is 1. The van der Waals surface area contributed by atoms with Crippen molar-refractivity contribution < 1.29 is 13.2 Å². The number of primary sulfonamides is 1. The molecule has 0 spiro atoms. The lowest BCUT2D eigenvalue weighted by Crippen LogP contribution is -2.48. The highest BCUT2D eigenvalue weighted by Gasteiger charge is 2.24. The van der Waals surface area contributed by atoms with Crippen LogP contribution in [0.25, 0.3) is 0 Å². The molecule has 6 nitrogen and oxygen atoms in total. The smallest absolute Gasteiger partial charge is 0.254 e. The highest BCUT2D eigenvalue weighted by atomic mass is 35.5. The van der Waals surface area contributed by atoms with Gasteiger partial charge in [0, 0.05) is 42.5 Å². The summed E-state index contributed by atoms with van der Waals surface area (Å²) in [5.74, 6) is -0.194. The Morgan fingerprint density at radius 2 is 1.77 bits per heavy atom. The van der Waals surface area contributed by atoms with Gasteiger partial charge in [-0.1, -0.05) is 23.7 Å². The van der Waals surface area contributed by atoms with E-state index in [1.54, 1.807) is 24.0 Å². The fourth-order valence-electron chi connectivity index (χ4n) is 3.06. The molecule has 26 heavy (non-hydrogen) atoms. The number of halogens is 1. The number of benzene rings is 2. The number of piperazine rings is 1. The minimum atomic E-state index is -3.86. The van der Waals surface area contributed by atoms with Gasteiger partial charge in [0.2, 0.25) is 10.0 Å². The van der Waals surface area contributed by atoms with Gasteiger partial charge in [0.15, 0.2) is 0 Å². The molecular formula is C18H20ClN3O3S. The Morgan fingerprint density at radius 1 is 1.08 bits per heavy atom. The summed E-state index contributed by atoms with van der Waals surface area (Å²) in [7, 11) is -3.86. The molecule has 3 rings (SSSR count). The molecule has 1 fully saturated rings. The number of carbonyl (C=O) groups is 1. The average Bonchev–Trinajstić information content (AvgIpc) is 2.61. The predicted octanol–water partition coefficient (Wildman–Crippen LogP) is 2.26. The first-order valence-corrected chi connectivity index (χ1v) is 10.1. The molecule has 0 saturated carbocycles. The number of anilines is 1. The molecule has 2 N–H and O–H groups in total. The van der Waals surface area contributed by atoms with Crippen LogP contribution in [0.5, 0.6) is 0 Å². The molecule has 2 aromatic carbocycles. The van der Waals surface area contributed by atoms with E-state index in [1.165, 1.54) is 6.07 Å². The van der Waals surface area contributed by atoms with Crippen LogP contribution in [0.15, 0.2) is 47.4 Å². The van der Waals surface area contributed by atoms with Gasteiger partial charge in [0.1, 0.15) is 0 Å². The average molecular weight is 394 g/mol. The van der Waals surface area contributed by atoms with Crippen LogP contribution >= 0.6 is 11.6 Å². The lowest BCUT2D eigenvalue weighted by atomic mass is 10.1. The van der Waals surface area contributed by atoms with Gasteiger partial charge in [-0.15, -0.1) is 0 Å². The molecule has 2 aromatic rings. The summed E-state index contributed by atoms with van der Waals surface area (Å²) >= 11 is 6.04. The fraction of sp³-hybridized carbons (Fsp3) is 0.278. The minimum Gasteiger partial charge on any atom is -0.368 e. The molecule has 0 unspecified atom stereocenters. The second kappa shape index (κ2) is 7.26. The Balaban J connectivity index is 1.73.